The lowest BCUT2D eigenvalue weighted by Crippen LogP contribution is -2.62. The van der Waals surface area contributed by atoms with Crippen LogP contribution in [0.3, 0.4) is 0 Å². The topological polar surface area (TPSA) is 126 Å². The van der Waals surface area contributed by atoms with Crippen molar-refractivity contribution in [2.24, 2.45) is 69.0 Å². The van der Waals surface area contributed by atoms with E-state index in [0.717, 1.165) is 82.1 Å². The molecule has 11 rings (SSSR count). The second kappa shape index (κ2) is 12.1. The summed E-state index contributed by atoms with van der Waals surface area (Å²) in [6.07, 6.45) is 22.0. The van der Waals surface area contributed by atoms with Crippen molar-refractivity contribution < 1.29 is 39.1 Å². The smallest absolute Gasteiger partial charge is 0.331 e. The van der Waals surface area contributed by atoms with Crippen molar-refractivity contribution in [3.8, 4) is 0 Å². The minimum atomic E-state index is -0.628. The van der Waals surface area contributed by atoms with Crippen LogP contribution in [0.4, 0.5) is 0 Å². The number of esters is 2. The van der Waals surface area contributed by atoms with Crippen LogP contribution in [-0.2, 0) is 23.8 Å². The summed E-state index contributed by atoms with van der Waals surface area (Å²) in [5.41, 5.74) is 2.38. The fourth-order valence-electron chi connectivity index (χ4n) is 17.2. The number of hydrogen-bond acceptors (Lipinski definition) is 8. The van der Waals surface area contributed by atoms with Crippen molar-refractivity contribution in [3.05, 3.63) is 23.3 Å². The van der Waals surface area contributed by atoms with Gasteiger partial charge in [0.25, 0.3) is 0 Å². The highest BCUT2D eigenvalue weighted by Gasteiger charge is 2.81. The number of carbonyl (C=O) groups is 2. The van der Waals surface area contributed by atoms with E-state index in [4.69, 9.17) is 14.2 Å². The highest BCUT2D eigenvalue weighted by atomic mass is 16.6. The van der Waals surface area contributed by atoms with Crippen molar-refractivity contribution >= 4 is 11.9 Å². The van der Waals surface area contributed by atoms with Gasteiger partial charge in [0.1, 0.15) is 18.8 Å². The Kier molecular flexibility index (Phi) is 8.23. The summed E-state index contributed by atoms with van der Waals surface area (Å²) in [5, 5.41) is 32.5. The predicted molar refractivity (Wildman–Crippen MR) is 201 cm³/mol. The molecular weight excluding hydrogens is 680 g/mol. The predicted octanol–water partition coefficient (Wildman–Crippen LogP) is 7.23. The van der Waals surface area contributed by atoms with Crippen molar-refractivity contribution in [2.45, 2.75) is 166 Å². The lowest BCUT2D eigenvalue weighted by molar-refractivity contribution is -0.208. The summed E-state index contributed by atoms with van der Waals surface area (Å²) >= 11 is 0. The van der Waals surface area contributed by atoms with Gasteiger partial charge in [-0.1, -0.05) is 27.7 Å². The summed E-state index contributed by atoms with van der Waals surface area (Å²) < 4.78 is 17.0. The first-order chi connectivity index (χ1) is 25.7. The van der Waals surface area contributed by atoms with E-state index in [9.17, 15) is 24.9 Å². The quantitative estimate of drug-likeness (QED) is 0.200. The summed E-state index contributed by atoms with van der Waals surface area (Å²) in [6, 6.07) is 0. The van der Waals surface area contributed by atoms with Gasteiger partial charge in [-0.3, -0.25) is 0 Å². The first kappa shape index (κ1) is 36.6. The molecule has 0 aromatic heterocycles. The molecule has 3 aliphatic heterocycles. The molecule has 0 bridgehead atoms. The third kappa shape index (κ3) is 4.81. The number of hydrogen-bond donors (Lipinski definition) is 3. The molecule has 3 N–H and O–H groups in total. The van der Waals surface area contributed by atoms with Gasteiger partial charge in [-0.15, -0.1) is 0 Å². The zero-order valence-electron chi connectivity index (χ0n) is 33.3. The normalized spacial score (nSPS) is 56.5. The van der Waals surface area contributed by atoms with Crippen LogP contribution in [0, 0.1) is 69.0 Å². The Morgan fingerprint density at radius 2 is 1.11 bits per heavy atom. The highest BCUT2D eigenvalue weighted by Crippen LogP contribution is 2.77. The molecule has 0 radical (unpaired) electrons. The van der Waals surface area contributed by atoms with E-state index in [0.29, 0.717) is 60.2 Å². The van der Waals surface area contributed by atoms with Crippen molar-refractivity contribution in [3.63, 3.8) is 0 Å². The molecule has 1 saturated heterocycles. The van der Waals surface area contributed by atoms with Crippen LogP contribution in [0.5, 0.6) is 0 Å². The Labute approximate surface area is 322 Å². The number of aliphatic hydroxyl groups is 3. The van der Waals surface area contributed by atoms with Gasteiger partial charge in [-0.2, -0.15) is 0 Å². The lowest BCUT2D eigenvalue weighted by Gasteiger charge is -2.63. The van der Waals surface area contributed by atoms with Gasteiger partial charge in [0.2, 0.25) is 0 Å². The second-order valence-electron chi connectivity index (χ2n) is 21.6. The fraction of sp³-hybridized carbons (Fsp3) is 0.870. The maximum absolute atomic E-state index is 12.1. The summed E-state index contributed by atoms with van der Waals surface area (Å²) in [7, 11) is 0. The molecule has 17 atom stereocenters. The van der Waals surface area contributed by atoms with Crippen molar-refractivity contribution in [1.29, 1.82) is 0 Å². The number of rotatable bonds is 2. The Morgan fingerprint density at radius 1 is 0.574 bits per heavy atom. The molecular formula is C46H66O8. The van der Waals surface area contributed by atoms with E-state index in [1.807, 2.05) is 0 Å². The standard InChI is InChI=1S/C23H32O4.C23H34O4/c1-21-7-5-15(24)10-14(21)3-4-17-16(21)6-8-22(2)18(11-19-23(17,22)27-19)13-9-20(25)26-12-13;1-21-8-5-16(24)12-15(21)3-4-19-18(21)6-9-22(2)17(7-10-23(19,22)26)14-11-20(25)27-13-14/h9,14-19,24H,3-8,10-12H2,1-2H3;11,15-19,24,26H,3-10,12-13H2,1-2H3/t14-,15+,16+,17-,18-,19-,21+,22-,23-;15-,16+,17-,18+,19-,21+,22-,23+/m11/s1. The molecule has 3 heterocycles. The Bertz CT molecular complexity index is 1560. The number of aliphatic hydroxyl groups excluding tert-OH is 2. The summed E-state index contributed by atoms with van der Waals surface area (Å²) in [4.78, 5) is 23.3. The van der Waals surface area contributed by atoms with Crippen LogP contribution in [0.15, 0.2) is 23.3 Å². The lowest BCUT2D eigenvalue weighted by atomic mass is 9.43. The Morgan fingerprint density at radius 3 is 1.69 bits per heavy atom. The van der Waals surface area contributed by atoms with Gasteiger partial charge in [0.15, 0.2) is 0 Å². The SMILES string of the molecule is C[C@]12CC[C@H](O)C[C@H]1CC[C@@H]1[C@@H]2CC[C@]2(C)[C@@H](C3=CC(=O)OC3)CC[C@]12O.C[C@]12CC[C@H](O)C[C@H]1CC[C@@H]1[C@@H]2CC[C@]2(C)[C@@H](C3=CC(=O)OC3)C[C@H]3O[C@]132. The molecule has 298 valence electrons. The largest absolute Gasteiger partial charge is 0.458 e. The van der Waals surface area contributed by atoms with Gasteiger partial charge in [0.05, 0.1) is 23.9 Å². The van der Waals surface area contributed by atoms with E-state index in [1.165, 1.54) is 44.1 Å². The molecule has 8 heteroatoms. The zero-order valence-corrected chi connectivity index (χ0v) is 33.3. The van der Waals surface area contributed by atoms with Gasteiger partial charge in [-0.25, -0.2) is 9.59 Å². The number of fused-ring (bicyclic) bond motifs is 8. The van der Waals surface area contributed by atoms with E-state index >= 15 is 0 Å². The fourth-order valence-corrected chi connectivity index (χ4v) is 17.2. The molecule has 1 spiro atoms. The van der Waals surface area contributed by atoms with Gasteiger partial charge >= 0.3 is 11.9 Å². The molecule has 8 aliphatic carbocycles. The van der Waals surface area contributed by atoms with Crippen LogP contribution in [0.1, 0.15) is 137 Å². The molecule has 0 unspecified atom stereocenters. The van der Waals surface area contributed by atoms with Crippen LogP contribution < -0.4 is 0 Å². The molecule has 0 amide bonds. The van der Waals surface area contributed by atoms with E-state index in [2.05, 4.69) is 27.7 Å². The van der Waals surface area contributed by atoms with Crippen LogP contribution in [-0.4, -0.2) is 70.0 Å². The van der Waals surface area contributed by atoms with Crippen LogP contribution in [0.25, 0.3) is 0 Å². The summed E-state index contributed by atoms with van der Waals surface area (Å²) in [5.74, 6) is 3.94. The highest BCUT2D eigenvalue weighted by molar-refractivity contribution is 5.86. The first-order valence-electron chi connectivity index (χ1n) is 22.2. The van der Waals surface area contributed by atoms with E-state index < -0.39 is 5.60 Å². The molecule has 54 heavy (non-hydrogen) atoms. The average molecular weight is 747 g/mol. The minimum Gasteiger partial charge on any atom is -0.458 e. The molecule has 8 nitrogen and oxygen atoms in total. The van der Waals surface area contributed by atoms with Crippen molar-refractivity contribution in [1.82, 2.24) is 0 Å². The number of cyclic esters (lactones) is 2. The number of carbonyl (C=O) groups excluding carboxylic acids is 2. The van der Waals surface area contributed by atoms with Gasteiger partial charge in [0, 0.05) is 23.0 Å². The van der Waals surface area contributed by atoms with E-state index in [-0.39, 0.29) is 51.9 Å². The minimum absolute atomic E-state index is 0.0388. The summed E-state index contributed by atoms with van der Waals surface area (Å²) in [6.45, 7) is 10.6. The Hall–Kier alpha value is -1.74. The van der Waals surface area contributed by atoms with Crippen LogP contribution >= 0.6 is 0 Å². The second-order valence-corrected chi connectivity index (χ2v) is 21.6. The third-order valence-corrected chi connectivity index (χ3v) is 20.1. The van der Waals surface area contributed by atoms with Gasteiger partial charge in [-0.05, 0) is 178 Å². The maximum atomic E-state index is 12.1. The first-order valence-corrected chi connectivity index (χ1v) is 22.2. The zero-order chi connectivity index (χ0) is 37.6. The van der Waals surface area contributed by atoms with Gasteiger partial charge < -0.3 is 29.5 Å². The van der Waals surface area contributed by atoms with Crippen molar-refractivity contribution in [2.75, 3.05) is 13.2 Å². The molecule has 0 aromatic carbocycles. The average Bonchev–Trinajstić information content (AvgIpc) is 3.42. The van der Waals surface area contributed by atoms with Crippen LogP contribution in [0.2, 0.25) is 0 Å². The monoisotopic (exact) mass is 746 g/mol. The molecule has 0 aromatic rings. The molecule has 8 saturated carbocycles. The third-order valence-electron chi connectivity index (χ3n) is 20.1. The molecule has 9 fully saturated rings. The number of epoxide rings is 1. The Balaban J connectivity index is 0.000000134. The number of ether oxygens (including phenoxy) is 3. The van der Waals surface area contributed by atoms with E-state index in [1.54, 1.807) is 12.2 Å². The molecule has 11 aliphatic rings. The maximum Gasteiger partial charge on any atom is 0.331 e.